The summed E-state index contributed by atoms with van der Waals surface area (Å²) in [5, 5.41) is 9.56. The Hall–Kier alpha value is -1.44. The Balaban J connectivity index is 3.17. The summed E-state index contributed by atoms with van der Waals surface area (Å²) < 4.78 is 5.05. The lowest BCUT2D eigenvalue weighted by Gasteiger charge is -2.10. The Labute approximate surface area is 84.8 Å². The largest absolute Gasteiger partial charge is 0.504 e. The number of benzene rings is 1. The number of hydrogen-bond donors (Lipinski definition) is 1. The summed E-state index contributed by atoms with van der Waals surface area (Å²) >= 11 is 0. The van der Waals surface area contributed by atoms with Gasteiger partial charge in [0.15, 0.2) is 11.5 Å². The van der Waals surface area contributed by atoms with Crippen LogP contribution in [0.5, 0.6) is 11.5 Å². The van der Waals surface area contributed by atoms with E-state index >= 15 is 0 Å². The molecule has 0 aliphatic carbocycles. The Morgan fingerprint density at radius 1 is 1.43 bits per heavy atom. The fourth-order valence-electron chi connectivity index (χ4n) is 1.49. The van der Waals surface area contributed by atoms with Crippen LogP contribution in [0.3, 0.4) is 0 Å². The molecule has 2 nitrogen and oxygen atoms in total. The van der Waals surface area contributed by atoms with Crippen LogP contribution in [0.2, 0.25) is 0 Å². The molecule has 0 heterocycles. The molecule has 0 radical (unpaired) electrons. The molecule has 1 N–H and O–H groups in total. The first-order valence-electron chi connectivity index (χ1n) is 4.72. The Bertz CT molecular complexity index is 329. The summed E-state index contributed by atoms with van der Waals surface area (Å²) in [6.45, 7) is 5.77. The van der Waals surface area contributed by atoms with Crippen LogP contribution in [0.15, 0.2) is 24.8 Å². The second-order valence-corrected chi connectivity index (χ2v) is 3.14. The lowest BCUT2D eigenvalue weighted by molar-refractivity contribution is 0.372. The zero-order chi connectivity index (χ0) is 10.6. The molecule has 0 aliphatic rings. The first-order chi connectivity index (χ1) is 6.72. The summed E-state index contributed by atoms with van der Waals surface area (Å²) in [6.07, 6.45) is 3.56. The van der Waals surface area contributed by atoms with Crippen LogP contribution in [0.1, 0.15) is 18.1 Å². The number of methoxy groups -OCH3 is 1. The maximum absolute atomic E-state index is 9.56. The highest BCUT2D eigenvalue weighted by molar-refractivity contribution is 5.47. The molecule has 0 saturated heterocycles. The van der Waals surface area contributed by atoms with Crippen molar-refractivity contribution in [3.63, 3.8) is 0 Å². The fourth-order valence-corrected chi connectivity index (χ4v) is 1.49. The molecule has 0 amide bonds. The lowest BCUT2D eigenvalue weighted by atomic mass is 10.0. The van der Waals surface area contributed by atoms with Gasteiger partial charge < -0.3 is 9.84 Å². The van der Waals surface area contributed by atoms with Gasteiger partial charge in [-0.15, -0.1) is 6.58 Å². The van der Waals surface area contributed by atoms with E-state index in [-0.39, 0.29) is 5.75 Å². The Kier molecular flexibility index (Phi) is 3.57. The number of phenolic OH excluding ortho intramolecular Hbond substituents is 1. The van der Waals surface area contributed by atoms with Crippen LogP contribution in [-0.2, 0) is 12.8 Å². The molecule has 1 aromatic carbocycles. The summed E-state index contributed by atoms with van der Waals surface area (Å²) in [4.78, 5) is 0. The van der Waals surface area contributed by atoms with Crippen LogP contribution >= 0.6 is 0 Å². The molecule has 0 spiro atoms. The number of allylic oxidation sites excluding steroid dienone is 1. The van der Waals surface area contributed by atoms with E-state index in [2.05, 4.69) is 13.5 Å². The van der Waals surface area contributed by atoms with E-state index in [9.17, 15) is 5.11 Å². The van der Waals surface area contributed by atoms with Gasteiger partial charge in [-0.1, -0.05) is 13.0 Å². The summed E-state index contributed by atoms with van der Waals surface area (Å²) in [5.74, 6) is 0.733. The normalized spacial score (nSPS) is 9.86. The van der Waals surface area contributed by atoms with Gasteiger partial charge in [0, 0.05) is 0 Å². The summed E-state index contributed by atoms with van der Waals surface area (Å²) in [7, 11) is 1.55. The average Bonchev–Trinajstić information content (AvgIpc) is 2.20. The van der Waals surface area contributed by atoms with Gasteiger partial charge in [-0.25, -0.2) is 0 Å². The molecular weight excluding hydrogens is 176 g/mol. The molecule has 0 atom stereocenters. The molecule has 0 unspecified atom stereocenters. The van der Waals surface area contributed by atoms with Gasteiger partial charge >= 0.3 is 0 Å². The summed E-state index contributed by atoms with van der Waals surface area (Å²) in [5.41, 5.74) is 2.31. The van der Waals surface area contributed by atoms with E-state index < -0.39 is 0 Å². The molecule has 1 aromatic rings. The lowest BCUT2D eigenvalue weighted by Crippen LogP contribution is -1.94. The molecule has 2 heteroatoms. The maximum atomic E-state index is 9.56. The Morgan fingerprint density at radius 3 is 2.64 bits per heavy atom. The smallest absolute Gasteiger partial charge is 0.160 e. The summed E-state index contributed by atoms with van der Waals surface area (Å²) in [6, 6.07) is 3.63. The minimum Gasteiger partial charge on any atom is -0.504 e. The zero-order valence-corrected chi connectivity index (χ0v) is 8.71. The molecule has 76 valence electrons. The molecular formula is C12H16O2. The predicted molar refractivity (Wildman–Crippen MR) is 57.9 cm³/mol. The third kappa shape index (κ3) is 2.08. The van der Waals surface area contributed by atoms with Crippen molar-refractivity contribution < 1.29 is 9.84 Å². The van der Waals surface area contributed by atoms with E-state index in [1.54, 1.807) is 13.2 Å². The number of ether oxygens (including phenoxy) is 1. The highest BCUT2D eigenvalue weighted by Gasteiger charge is 2.07. The molecule has 0 fully saturated rings. The van der Waals surface area contributed by atoms with Crippen LogP contribution in [-0.4, -0.2) is 12.2 Å². The molecule has 0 saturated carbocycles. The van der Waals surface area contributed by atoms with E-state index in [1.807, 2.05) is 12.1 Å². The molecule has 0 bridgehead atoms. The van der Waals surface area contributed by atoms with Crippen molar-refractivity contribution in [2.75, 3.05) is 7.11 Å². The SMILES string of the molecule is C=CCc1cc(OC)c(O)cc1CC. The van der Waals surface area contributed by atoms with Crippen molar-refractivity contribution in [3.05, 3.63) is 35.9 Å². The standard InChI is InChI=1S/C12H16O2/c1-4-6-10-8-12(14-3)11(13)7-9(10)5-2/h4,7-8,13H,1,5-6H2,2-3H3. The van der Waals surface area contributed by atoms with Crippen molar-refractivity contribution >= 4 is 0 Å². The van der Waals surface area contributed by atoms with Crippen LogP contribution in [0.4, 0.5) is 0 Å². The van der Waals surface area contributed by atoms with Gasteiger partial charge in [-0.2, -0.15) is 0 Å². The predicted octanol–water partition coefficient (Wildman–Crippen LogP) is 2.69. The first kappa shape index (κ1) is 10.6. The van der Waals surface area contributed by atoms with Crippen LogP contribution in [0, 0.1) is 0 Å². The number of aryl methyl sites for hydroxylation is 1. The molecule has 1 rings (SSSR count). The average molecular weight is 192 g/mol. The third-order valence-electron chi connectivity index (χ3n) is 2.25. The van der Waals surface area contributed by atoms with E-state index in [0.717, 1.165) is 24.0 Å². The van der Waals surface area contributed by atoms with Gasteiger partial charge in [0.2, 0.25) is 0 Å². The number of phenols is 1. The van der Waals surface area contributed by atoms with Crippen molar-refractivity contribution in [1.82, 2.24) is 0 Å². The van der Waals surface area contributed by atoms with E-state index in [4.69, 9.17) is 4.74 Å². The van der Waals surface area contributed by atoms with E-state index in [0.29, 0.717) is 5.75 Å². The van der Waals surface area contributed by atoms with Crippen LogP contribution in [0.25, 0.3) is 0 Å². The van der Waals surface area contributed by atoms with Crippen molar-refractivity contribution in [2.45, 2.75) is 19.8 Å². The minimum atomic E-state index is 0.206. The van der Waals surface area contributed by atoms with Gasteiger partial charge in [0.1, 0.15) is 0 Å². The molecule has 14 heavy (non-hydrogen) atoms. The van der Waals surface area contributed by atoms with E-state index in [1.165, 1.54) is 0 Å². The monoisotopic (exact) mass is 192 g/mol. The fraction of sp³-hybridized carbons (Fsp3) is 0.333. The third-order valence-corrected chi connectivity index (χ3v) is 2.25. The number of aromatic hydroxyl groups is 1. The van der Waals surface area contributed by atoms with Gasteiger partial charge in [0.25, 0.3) is 0 Å². The van der Waals surface area contributed by atoms with Crippen molar-refractivity contribution in [1.29, 1.82) is 0 Å². The van der Waals surface area contributed by atoms with Gasteiger partial charge in [-0.05, 0) is 36.1 Å². The number of hydrogen-bond acceptors (Lipinski definition) is 2. The zero-order valence-electron chi connectivity index (χ0n) is 8.71. The second-order valence-electron chi connectivity index (χ2n) is 3.14. The Morgan fingerprint density at radius 2 is 2.14 bits per heavy atom. The molecule has 0 aromatic heterocycles. The topological polar surface area (TPSA) is 29.5 Å². The second kappa shape index (κ2) is 4.70. The number of rotatable bonds is 4. The highest BCUT2D eigenvalue weighted by atomic mass is 16.5. The van der Waals surface area contributed by atoms with Crippen LogP contribution < -0.4 is 4.74 Å². The van der Waals surface area contributed by atoms with Gasteiger partial charge in [0.05, 0.1) is 7.11 Å². The van der Waals surface area contributed by atoms with Crippen molar-refractivity contribution in [3.8, 4) is 11.5 Å². The first-order valence-corrected chi connectivity index (χ1v) is 4.72. The quantitative estimate of drug-likeness (QED) is 0.743. The molecule has 0 aliphatic heterocycles. The maximum Gasteiger partial charge on any atom is 0.160 e. The van der Waals surface area contributed by atoms with Gasteiger partial charge in [-0.3, -0.25) is 0 Å². The highest BCUT2D eigenvalue weighted by Crippen LogP contribution is 2.30. The minimum absolute atomic E-state index is 0.206. The van der Waals surface area contributed by atoms with Crippen molar-refractivity contribution in [2.24, 2.45) is 0 Å².